The second-order valence-corrected chi connectivity index (χ2v) is 7.09. The van der Waals surface area contributed by atoms with Gasteiger partial charge in [0.1, 0.15) is 5.82 Å². The van der Waals surface area contributed by atoms with E-state index in [0.29, 0.717) is 19.7 Å². The van der Waals surface area contributed by atoms with Crippen molar-refractivity contribution in [3.05, 3.63) is 42.4 Å². The molecule has 7 nitrogen and oxygen atoms in total. The molecule has 2 amide bonds. The summed E-state index contributed by atoms with van der Waals surface area (Å²) in [7, 11) is 0. The van der Waals surface area contributed by atoms with Gasteiger partial charge in [-0.05, 0) is 37.8 Å². The number of likely N-dealkylation sites (tertiary alicyclic amines) is 1. The van der Waals surface area contributed by atoms with Gasteiger partial charge in [-0.1, -0.05) is 19.4 Å². The Kier molecular flexibility index (Phi) is 6.81. The molecule has 0 spiro atoms. The first-order valence-electron chi connectivity index (χ1n) is 9.77. The first-order valence-corrected chi connectivity index (χ1v) is 9.77. The molecule has 1 aliphatic rings. The number of nitrogens with zero attached hydrogens (tertiary/aromatic N) is 4. The van der Waals surface area contributed by atoms with Crippen molar-refractivity contribution in [3.63, 3.8) is 0 Å². The molecule has 2 aromatic heterocycles. The first kappa shape index (κ1) is 19.4. The van der Waals surface area contributed by atoms with Crippen molar-refractivity contribution < 1.29 is 9.53 Å². The highest BCUT2D eigenvalue weighted by molar-refractivity contribution is 5.88. The van der Waals surface area contributed by atoms with Gasteiger partial charge >= 0.3 is 6.03 Å². The third kappa shape index (κ3) is 5.29. The lowest BCUT2D eigenvalue weighted by Gasteiger charge is -2.32. The van der Waals surface area contributed by atoms with Crippen LogP contribution in [-0.2, 0) is 11.3 Å². The predicted molar refractivity (Wildman–Crippen MR) is 104 cm³/mol. The minimum absolute atomic E-state index is 0.0637. The molecule has 1 N–H and O–H groups in total. The zero-order valence-electron chi connectivity index (χ0n) is 16.2. The number of piperidine rings is 1. The Hall–Kier alpha value is -2.41. The third-order valence-electron chi connectivity index (χ3n) is 4.97. The molecule has 3 rings (SSSR count). The number of pyridine rings is 1. The number of hydrogen-bond donors (Lipinski definition) is 1. The molecule has 0 bridgehead atoms. The van der Waals surface area contributed by atoms with E-state index in [1.165, 1.54) is 0 Å². The van der Waals surface area contributed by atoms with Crippen molar-refractivity contribution in [2.24, 2.45) is 0 Å². The minimum Gasteiger partial charge on any atom is -0.373 e. The molecule has 7 heteroatoms. The second kappa shape index (κ2) is 9.50. The van der Waals surface area contributed by atoms with Crippen LogP contribution in [0.25, 0.3) is 0 Å². The minimum atomic E-state index is -0.0637. The zero-order valence-corrected chi connectivity index (χ0v) is 16.2. The smallest absolute Gasteiger partial charge is 0.323 e. The summed E-state index contributed by atoms with van der Waals surface area (Å²) in [5.74, 6) is 0.760. The molecule has 0 unspecified atom stereocenters. The molecule has 0 aliphatic carbocycles. The number of urea groups is 1. The van der Waals surface area contributed by atoms with Crippen molar-refractivity contribution >= 4 is 11.8 Å². The highest BCUT2D eigenvalue weighted by Gasteiger charge is 2.24. The Morgan fingerprint density at radius 2 is 2.15 bits per heavy atom. The van der Waals surface area contributed by atoms with E-state index in [9.17, 15) is 4.79 Å². The maximum Gasteiger partial charge on any atom is 0.323 e. The van der Waals surface area contributed by atoms with Gasteiger partial charge in [0.05, 0.1) is 24.9 Å². The molecule has 3 heterocycles. The van der Waals surface area contributed by atoms with E-state index in [4.69, 9.17) is 4.74 Å². The molecule has 0 radical (unpaired) electrons. The van der Waals surface area contributed by atoms with Gasteiger partial charge in [0, 0.05) is 31.5 Å². The van der Waals surface area contributed by atoms with Crippen LogP contribution in [0.1, 0.15) is 51.1 Å². The zero-order chi connectivity index (χ0) is 19.1. The molecular weight excluding hydrogens is 342 g/mol. The van der Waals surface area contributed by atoms with E-state index in [1.807, 2.05) is 34.0 Å². The standard InChI is InChI=1S/C20H29N5O2/c1-3-5-16(2)25-19(7-11-22-25)23-20(26)24-12-8-18(9-13-24)27-15-17-6-4-10-21-14-17/h4,6-7,10-11,14,16,18H,3,5,8-9,12-13,15H2,1-2H3,(H,23,26)/t16-/m1/s1. The van der Waals surface area contributed by atoms with Gasteiger partial charge in [-0.2, -0.15) is 5.10 Å². The van der Waals surface area contributed by atoms with E-state index in [-0.39, 0.29) is 18.2 Å². The molecule has 0 aromatic carbocycles. The molecule has 146 valence electrons. The van der Waals surface area contributed by atoms with Crippen LogP contribution < -0.4 is 5.32 Å². The number of carbonyl (C=O) groups excluding carboxylic acids is 1. The fraction of sp³-hybridized carbons (Fsp3) is 0.550. The van der Waals surface area contributed by atoms with E-state index in [2.05, 4.69) is 29.2 Å². The summed E-state index contributed by atoms with van der Waals surface area (Å²) in [6.45, 7) is 6.24. The lowest BCUT2D eigenvalue weighted by molar-refractivity contribution is 0.00528. The summed E-state index contributed by atoms with van der Waals surface area (Å²) in [5, 5.41) is 7.37. The van der Waals surface area contributed by atoms with E-state index < -0.39 is 0 Å². The molecule has 0 saturated carbocycles. The number of hydrogen-bond acceptors (Lipinski definition) is 4. The summed E-state index contributed by atoms with van der Waals surface area (Å²) in [6, 6.07) is 5.99. The van der Waals surface area contributed by atoms with Crippen LogP contribution in [-0.4, -0.2) is 44.9 Å². The normalized spacial score (nSPS) is 16.3. The Morgan fingerprint density at radius 1 is 1.33 bits per heavy atom. The van der Waals surface area contributed by atoms with Crippen LogP contribution in [0.5, 0.6) is 0 Å². The molecule has 2 aromatic rings. The topological polar surface area (TPSA) is 72.3 Å². The van der Waals surface area contributed by atoms with Crippen LogP contribution >= 0.6 is 0 Å². The number of carbonyl (C=O) groups is 1. The average molecular weight is 371 g/mol. The van der Waals surface area contributed by atoms with Crippen LogP contribution in [0.3, 0.4) is 0 Å². The lowest BCUT2D eigenvalue weighted by Crippen LogP contribution is -2.43. The van der Waals surface area contributed by atoms with Gasteiger partial charge in [-0.25, -0.2) is 9.48 Å². The number of anilines is 1. The summed E-state index contributed by atoms with van der Waals surface area (Å²) in [6.07, 6.45) is 9.31. The Labute approximate surface area is 160 Å². The van der Waals surface area contributed by atoms with Gasteiger partial charge in [0.25, 0.3) is 0 Å². The Balaban J connectivity index is 1.46. The largest absolute Gasteiger partial charge is 0.373 e. The Bertz CT molecular complexity index is 710. The van der Waals surface area contributed by atoms with Crippen molar-refractivity contribution in [1.29, 1.82) is 0 Å². The predicted octanol–water partition coefficient (Wildman–Crippen LogP) is 3.85. The van der Waals surface area contributed by atoms with E-state index >= 15 is 0 Å². The van der Waals surface area contributed by atoms with Gasteiger partial charge in [-0.3, -0.25) is 10.3 Å². The summed E-state index contributed by atoms with van der Waals surface area (Å²) < 4.78 is 7.86. The van der Waals surface area contributed by atoms with Gasteiger partial charge in [-0.15, -0.1) is 0 Å². The number of nitrogens with one attached hydrogen (secondary N) is 1. The monoisotopic (exact) mass is 371 g/mol. The molecule has 1 aliphatic heterocycles. The molecule has 27 heavy (non-hydrogen) atoms. The highest BCUT2D eigenvalue weighted by Crippen LogP contribution is 2.20. The van der Waals surface area contributed by atoms with Crippen LogP contribution in [0, 0.1) is 0 Å². The average Bonchev–Trinajstić information content (AvgIpc) is 3.16. The van der Waals surface area contributed by atoms with Gasteiger partial charge < -0.3 is 9.64 Å². The van der Waals surface area contributed by atoms with Crippen LogP contribution in [0.4, 0.5) is 10.6 Å². The fourth-order valence-electron chi connectivity index (χ4n) is 3.42. The van der Waals surface area contributed by atoms with Crippen molar-refractivity contribution in [2.75, 3.05) is 18.4 Å². The van der Waals surface area contributed by atoms with E-state index in [1.54, 1.807) is 12.4 Å². The number of amides is 2. The molecular formula is C20H29N5O2. The van der Waals surface area contributed by atoms with Crippen LogP contribution in [0.15, 0.2) is 36.8 Å². The SMILES string of the molecule is CCC[C@@H](C)n1nccc1NC(=O)N1CCC(OCc2cccnc2)CC1. The van der Waals surface area contributed by atoms with Gasteiger partial charge in [0.15, 0.2) is 0 Å². The quantitative estimate of drug-likeness (QED) is 0.802. The molecule has 1 saturated heterocycles. The number of aromatic nitrogens is 3. The number of rotatable bonds is 7. The summed E-state index contributed by atoms with van der Waals surface area (Å²) in [5.41, 5.74) is 1.08. The number of ether oxygens (including phenoxy) is 1. The first-order chi connectivity index (χ1) is 13.2. The van der Waals surface area contributed by atoms with Crippen LogP contribution in [0.2, 0.25) is 0 Å². The fourth-order valence-corrected chi connectivity index (χ4v) is 3.42. The van der Waals surface area contributed by atoms with Crippen molar-refractivity contribution in [1.82, 2.24) is 19.7 Å². The highest BCUT2D eigenvalue weighted by atomic mass is 16.5. The van der Waals surface area contributed by atoms with Crippen molar-refractivity contribution in [3.8, 4) is 0 Å². The summed E-state index contributed by atoms with van der Waals surface area (Å²) >= 11 is 0. The maximum atomic E-state index is 12.6. The maximum absolute atomic E-state index is 12.6. The van der Waals surface area contributed by atoms with E-state index in [0.717, 1.165) is 37.1 Å². The van der Waals surface area contributed by atoms with Gasteiger partial charge in [0.2, 0.25) is 0 Å². The Morgan fingerprint density at radius 3 is 2.85 bits per heavy atom. The molecule has 1 atom stereocenters. The molecule has 1 fully saturated rings. The van der Waals surface area contributed by atoms with Crippen molar-refractivity contribution in [2.45, 2.75) is 58.3 Å². The lowest BCUT2D eigenvalue weighted by atomic mass is 10.1. The second-order valence-electron chi connectivity index (χ2n) is 7.09. The summed E-state index contributed by atoms with van der Waals surface area (Å²) in [4.78, 5) is 18.6. The third-order valence-corrected chi connectivity index (χ3v) is 4.97.